The van der Waals surface area contributed by atoms with Crippen LogP contribution in [0.15, 0.2) is 18.2 Å². The van der Waals surface area contributed by atoms with E-state index >= 15 is 0 Å². The first-order valence-electron chi connectivity index (χ1n) is 10.2. The zero-order chi connectivity index (χ0) is 24.7. The van der Waals surface area contributed by atoms with Gasteiger partial charge in [-0.1, -0.05) is 0 Å². The molecule has 0 radical (unpaired) electrons. The molecular formula is C21H25F3N6O4. The highest BCUT2D eigenvalue weighted by Gasteiger charge is 2.35. The Labute approximate surface area is 193 Å². The number of nitrogen functional groups attached to an aromatic ring is 1. The number of hydrogen-bond acceptors (Lipinski definition) is 10. The van der Waals surface area contributed by atoms with E-state index in [9.17, 15) is 13.2 Å². The fraction of sp³-hybridized carbons (Fsp3) is 0.429. The number of benzene rings is 1. The zero-order valence-corrected chi connectivity index (χ0v) is 18.9. The predicted molar refractivity (Wildman–Crippen MR) is 118 cm³/mol. The van der Waals surface area contributed by atoms with E-state index in [1.54, 1.807) is 26.2 Å². The quantitative estimate of drug-likeness (QED) is 0.394. The number of aromatic nitrogens is 4. The smallest absolute Gasteiger partial charge is 0.451 e. The first-order chi connectivity index (χ1) is 16.2. The van der Waals surface area contributed by atoms with Crippen molar-refractivity contribution in [2.75, 3.05) is 51.7 Å². The van der Waals surface area contributed by atoms with Gasteiger partial charge in [0.05, 0.1) is 44.7 Å². The van der Waals surface area contributed by atoms with Crippen molar-refractivity contribution in [2.24, 2.45) is 0 Å². The molecule has 0 bridgehead atoms. The van der Waals surface area contributed by atoms with E-state index in [1.807, 2.05) is 0 Å². The van der Waals surface area contributed by atoms with E-state index in [1.165, 1.54) is 13.2 Å². The van der Waals surface area contributed by atoms with E-state index in [0.717, 1.165) is 0 Å². The Balaban J connectivity index is 1.84. The molecule has 0 unspecified atom stereocenters. The van der Waals surface area contributed by atoms with Gasteiger partial charge in [0.15, 0.2) is 11.5 Å². The first-order valence-corrected chi connectivity index (χ1v) is 10.2. The maximum absolute atomic E-state index is 13.0. The van der Waals surface area contributed by atoms with Crippen LogP contribution in [0.25, 0.3) is 10.9 Å². The van der Waals surface area contributed by atoms with Crippen LogP contribution >= 0.6 is 0 Å². The zero-order valence-electron chi connectivity index (χ0n) is 18.9. The highest BCUT2D eigenvalue weighted by atomic mass is 19.4. The largest absolute Gasteiger partial charge is 0.493 e. The number of nitrogens with one attached hydrogen (secondary N) is 1. The number of aryl methyl sites for hydroxylation is 1. The fourth-order valence-electron chi connectivity index (χ4n) is 3.02. The maximum atomic E-state index is 13.0. The average molecular weight is 482 g/mol. The van der Waals surface area contributed by atoms with Gasteiger partial charge >= 0.3 is 6.18 Å². The van der Waals surface area contributed by atoms with Gasteiger partial charge in [0.1, 0.15) is 24.1 Å². The van der Waals surface area contributed by atoms with Crippen molar-refractivity contribution in [3.05, 3.63) is 35.5 Å². The highest BCUT2D eigenvalue weighted by molar-refractivity contribution is 5.91. The van der Waals surface area contributed by atoms with Crippen molar-refractivity contribution in [1.82, 2.24) is 19.9 Å². The van der Waals surface area contributed by atoms with Crippen LogP contribution < -0.4 is 20.5 Å². The molecule has 0 amide bonds. The Bertz CT molecular complexity index is 1130. The van der Waals surface area contributed by atoms with Crippen molar-refractivity contribution in [2.45, 2.75) is 19.6 Å². The molecule has 13 heteroatoms. The molecule has 1 aromatic carbocycles. The van der Waals surface area contributed by atoms with Gasteiger partial charge in [0.2, 0.25) is 5.82 Å². The van der Waals surface area contributed by atoms with Gasteiger partial charge in [-0.15, -0.1) is 0 Å². The van der Waals surface area contributed by atoms with Crippen LogP contribution in [-0.2, 0) is 22.2 Å². The molecule has 0 fully saturated rings. The van der Waals surface area contributed by atoms with Crippen molar-refractivity contribution in [3.63, 3.8) is 0 Å². The van der Waals surface area contributed by atoms with E-state index in [2.05, 4.69) is 25.3 Å². The Morgan fingerprint density at radius 3 is 2.41 bits per heavy atom. The minimum absolute atomic E-state index is 0.0578. The number of fused-ring (bicyclic) bond motifs is 1. The lowest BCUT2D eigenvalue weighted by Gasteiger charge is -2.15. The summed E-state index contributed by atoms with van der Waals surface area (Å²) in [5.74, 6) is 0.156. The number of nitrogens with zero attached hydrogens (tertiary/aromatic N) is 4. The Kier molecular flexibility index (Phi) is 8.23. The molecule has 0 saturated carbocycles. The second kappa shape index (κ2) is 11.1. The lowest BCUT2D eigenvalue weighted by Crippen LogP contribution is -2.15. The van der Waals surface area contributed by atoms with E-state index < -0.39 is 12.0 Å². The molecule has 0 spiro atoms. The summed E-state index contributed by atoms with van der Waals surface area (Å²) in [5.41, 5.74) is 6.15. The normalized spacial score (nSPS) is 11.6. The van der Waals surface area contributed by atoms with E-state index in [0.29, 0.717) is 53.9 Å². The number of halogens is 3. The summed E-state index contributed by atoms with van der Waals surface area (Å²) in [6.45, 7) is 3.16. The van der Waals surface area contributed by atoms with Crippen molar-refractivity contribution in [1.29, 1.82) is 0 Å². The summed E-state index contributed by atoms with van der Waals surface area (Å²) in [6, 6.07) is 4.65. The molecule has 2 heterocycles. The molecule has 3 aromatic rings. The van der Waals surface area contributed by atoms with E-state index in [4.69, 9.17) is 24.7 Å². The topological polar surface area (TPSA) is 127 Å². The summed E-state index contributed by atoms with van der Waals surface area (Å²) in [5, 5.41) is 3.59. The second-order valence-corrected chi connectivity index (χ2v) is 7.05. The molecule has 3 N–H and O–H groups in total. The number of rotatable bonds is 11. The van der Waals surface area contributed by atoms with Gasteiger partial charge in [-0.05, 0) is 13.0 Å². The lowest BCUT2D eigenvalue weighted by molar-refractivity contribution is -0.145. The van der Waals surface area contributed by atoms with Gasteiger partial charge in [-0.25, -0.2) is 19.9 Å². The standard InChI is InChI=1S/C21H25F3N6O4/c1-12-27-15-10-16(32-3)17(34-7-6-33-5-4-31-2)9-14(15)19(28-12)26-11-13-8-18(25)30-20(29-13)21(22,23)24/h8-10H,4-7,11H2,1-3H3,(H2,25,29,30)(H,26,27,28). The monoisotopic (exact) mass is 482 g/mol. The summed E-state index contributed by atoms with van der Waals surface area (Å²) in [7, 11) is 3.10. The number of alkyl halides is 3. The minimum Gasteiger partial charge on any atom is -0.493 e. The molecule has 34 heavy (non-hydrogen) atoms. The van der Waals surface area contributed by atoms with Gasteiger partial charge in [-0.2, -0.15) is 13.2 Å². The second-order valence-electron chi connectivity index (χ2n) is 7.05. The average Bonchev–Trinajstić information content (AvgIpc) is 2.78. The Hall–Kier alpha value is -3.45. The van der Waals surface area contributed by atoms with Gasteiger partial charge in [0.25, 0.3) is 0 Å². The van der Waals surface area contributed by atoms with Crippen LogP contribution in [0.4, 0.5) is 24.8 Å². The van der Waals surface area contributed by atoms with Gasteiger partial charge in [-0.3, -0.25) is 0 Å². The van der Waals surface area contributed by atoms with Crippen LogP contribution in [0, 0.1) is 6.92 Å². The van der Waals surface area contributed by atoms with Crippen molar-refractivity contribution < 1.29 is 32.1 Å². The number of methoxy groups -OCH3 is 2. The molecule has 0 aliphatic rings. The van der Waals surface area contributed by atoms with Crippen molar-refractivity contribution in [3.8, 4) is 11.5 Å². The highest BCUT2D eigenvalue weighted by Crippen LogP contribution is 2.34. The van der Waals surface area contributed by atoms with Crippen LogP contribution in [0.3, 0.4) is 0 Å². The number of nitrogens with two attached hydrogens (primary N) is 1. The fourth-order valence-corrected chi connectivity index (χ4v) is 3.02. The molecule has 0 atom stereocenters. The third-order valence-corrected chi connectivity index (χ3v) is 4.50. The number of hydrogen-bond donors (Lipinski definition) is 2. The van der Waals surface area contributed by atoms with Crippen LogP contribution in [0.2, 0.25) is 0 Å². The summed E-state index contributed by atoms with van der Waals surface area (Å²) in [4.78, 5) is 15.6. The van der Waals surface area contributed by atoms with Crippen LogP contribution in [0.1, 0.15) is 17.3 Å². The molecule has 0 aliphatic heterocycles. The summed E-state index contributed by atoms with van der Waals surface area (Å²) >= 11 is 0. The van der Waals surface area contributed by atoms with Crippen LogP contribution in [0.5, 0.6) is 11.5 Å². The third kappa shape index (κ3) is 6.54. The molecular weight excluding hydrogens is 457 g/mol. The molecule has 10 nitrogen and oxygen atoms in total. The number of ether oxygens (including phenoxy) is 4. The van der Waals surface area contributed by atoms with Gasteiger partial charge < -0.3 is 30.0 Å². The Morgan fingerprint density at radius 2 is 1.71 bits per heavy atom. The van der Waals surface area contributed by atoms with E-state index in [-0.39, 0.29) is 24.7 Å². The summed E-state index contributed by atoms with van der Waals surface area (Å²) < 4.78 is 60.6. The first kappa shape index (κ1) is 25.2. The predicted octanol–water partition coefficient (Wildman–Crippen LogP) is 2.99. The maximum Gasteiger partial charge on any atom is 0.451 e. The third-order valence-electron chi connectivity index (χ3n) is 4.50. The van der Waals surface area contributed by atoms with Crippen LogP contribution in [-0.4, -0.2) is 60.6 Å². The molecule has 184 valence electrons. The SMILES string of the molecule is COCCOCCOc1cc2c(NCc3cc(N)nc(C(F)(F)F)n3)nc(C)nc2cc1OC. The molecule has 3 rings (SSSR count). The van der Waals surface area contributed by atoms with Gasteiger partial charge in [0, 0.05) is 24.6 Å². The summed E-state index contributed by atoms with van der Waals surface area (Å²) in [6.07, 6.45) is -4.71. The molecule has 0 aliphatic carbocycles. The minimum atomic E-state index is -4.71. The lowest BCUT2D eigenvalue weighted by atomic mass is 10.2. The molecule has 2 aromatic heterocycles. The Morgan fingerprint density at radius 1 is 0.941 bits per heavy atom. The molecule has 0 saturated heterocycles. The van der Waals surface area contributed by atoms with Crippen molar-refractivity contribution >= 4 is 22.5 Å². The number of anilines is 2.